The molecule has 4 saturated heterocycles. The van der Waals surface area contributed by atoms with Gasteiger partial charge in [0, 0.05) is 0 Å². The van der Waals surface area contributed by atoms with Crippen molar-refractivity contribution in [1.29, 1.82) is 0 Å². The average molecular weight is 431 g/mol. The second-order valence-electron chi connectivity index (χ2n) is 6.20. The van der Waals surface area contributed by atoms with E-state index in [1.54, 1.807) is 0 Å². The number of rotatable bonds is 0. The lowest BCUT2D eigenvalue weighted by atomic mass is 9.97. The molecule has 5 rings (SSSR count). The predicted octanol–water partition coefficient (Wildman–Crippen LogP) is 2.62. The minimum absolute atomic E-state index is 0.437. The summed E-state index contributed by atoms with van der Waals surface area (Å²) in [4.78, 5) is 9.88. The topological polar surface area (TPSA) is 13.0 Å². The Kier molecular flexibility index (Phi) is 6.22. The van der Waals surface area contributed by atoms with Crippen LogP contribution in [0.15, 0.2) is 0 Å². The molecule has 4 aliphatic heterocycles. The quantitative estimate of drug-likeness (QED) is 0.548. The van der Waals surface area contributed by atoms with Gasteiger partial charge in [-0.2, -0.15) is 0 Å². The summed E-state index contributed by atoms with van der Waals surface area (Å²) in [6.07, 6.45) is 0. The van der Waals surface area contributed by atoms with Crippen molar-refractivity contribution in [2.24, 2.45) is 0 Å². The lowest BCUT2D eigenvalue weighted by molar-refractivity contribution is -0.194. The molecule has 22 heavy (non-hydrogen) atoms. The van der Waals surface area contributed by atoms with E-state index in [-0.39, 0.29) is 0 Å². The Morgan fingerprint density at radius 3 is 0.636 bits per heavy atom. The van der Waals surface area contributed by atoms with Crippen molar-refractivity contribution in [3.05, 3.63) is 0 Å². The minimum Gasteiger partial charge on any atom is -0.264 e. The van der Waals surface area contributed by atoms with Crippen LogP contribution >= 0.6 is 69.6 Å². The van der Waals surface area contributed by atoms with Gasteiger partial charge in [0.05, 0.1) is 72.3 Å². The predicted molar refractivity (Wildman–Crippen MR) is 94.4 cm³/mol. The first-order valence-electron chi connectivity index (χ1n) is 7.10. The maximum Gasteiger partial charge on any atom is 0.0693 e. The molecule has 0 spiro atoms. The fourth-order valence-electron chi connectivity index (χ4n) is 3.29. The molecule has 0 aromatic heterocycles. The van der Waals surface area contributed by atoms with E-state index in [1.807, 2.05) is 0 Å². The van der Waals surface area contributed by atoms with Gasteiger partial charge in [-0.05, 0) is 0 Å². The van der Waals surface area contributed by atoms with Gasteiger partial charge in [0.15, 0.2) is 0 Å². The number of nitrogens with zero attached hydrogens (tertiary/aromatic N) is 4. The normalized spacial score (nSPS) is 56.5. The summed E-state index contributed by atoms with van der Waals surface area (Å²) in [5, 5.41) is -2.62. The second kappa shape index (κ2) is 7.45. The van der Waals surface area contributed by atoms with Crippen LogP contribution in [0.4, 0.5) is 0 Å². The fourth-order valence-corrected chi connectivity index (χ4v) is 5.62. The lowest BCUT2D eigenvalue weighted by Gasteiger charge is -2.56. The van der Waals surface area contributed by atoms with Crippen LogP contribution in [-0.4, -0.2) is 91.9 Å². The summed E-state index contributed by atoms with van der Waals surface area (Å²) in [6, 6.07) is 0. The number of hydrogen-bond donors (Lipinski definition) is 0. The Labute approximate surface area is 161 Å². The first-order chi connectivity index (χ1) is 10.4. The van der Waals surface area contributed by atoms with Crippen LogP contribution in [0, 0.1) is 0 Å². The van der Waals surface area contributed by atoms with Crippen LogP contribution < -0.4 is 0 Å². The van der Waals surface area contributed by atoms with E-state index in [0.717, 1.165) is 0 Å². The van der Waals surface area contributed by atoms with E-state index in [1.165, 1.54) is 40.0 Å². The SMILES string of the molecule is C1N2CN3CN1CN(C2)C3.Cl[C@H]1[C@H](Cl)[C@@H](Cl)[C@@H](Cl)[C@H](Cl)[C@H]1Cl. The van der Waals surface area contributed by atoms with E-state index < -0.39 is 32.3 Å². The summed E-state index contributed by atoms with van der Waals surface area (Å²) in [6.45, 7) is 7.12. The van der Waals surface area contributed by atoms with E-state index in [2.05, 4.69) is 19.6 Å². The Bertz CT molecular complexity index is 287. The molecule has 1 aliphatic carbocycles. The van der Waals surface area contributed by atoms with Gasteiger partial charge >= 0.3 is 0 Å². The van der Waals surface area contributed by atoms with Gasteiger partial charge in [0.25, 0.3) is 0 Å². The third-order valence-corrected chi connectivity index (χ3v) is 8.26. The molecule has 0 aromatic carbocycles. The van der Waals surface area contributed by atoms with Gasteiger partial charge in [-0.3, -0.25) is 19.6 Å². The highest BCUT2D eigenvalue weighted by Gasteiger charge is 2.46. The molecule has 0 atom stereocenters. The summed E-state index contributed by atoms with van der Waals surface area (Å²) in [5.41, 5.74) is 0. The molecule has 1 saturated carbocycles. The zero-order valence-corrected chi connectivity index (χ0v) is 16.3. The van der Waals surface area contributed by atoms with Crippen molar-refractivity contribution >= 4 is 69.6 Å². The molecule has 4 nitrogen and oxygen atoms in total. The molecule has 4 heterocycles. The van der Waals surface area contributed by atoms with E-state index in [4.69, 9.17) is 69.6 Å². The Morgan fingerprint density at radius 2 is 0.500 bits per heavy atom. The van der Waals surface area contributed by atoms with Crippen molar-refractivity contribution in [2.45, 2.75) is 32.3 Å². The van der Waals surface area contributed by atoms with Crippen molar-refractivity contribution < 1.29 is 0 Å². The zero-order chi connectivity index (χ0) is 16.0. The highest BCUT2D eigenvalue weighted by Crippen LogP contribution is 2.39. The summed E-state index contributed by atoms with van der Waals surface area (Å²) < 4.78 is 0. The van der Waals surface area contributed by atoms with Gasteiger partial charge in [0.1, 0.15) is 0 Å². The summed E-state index contributed by atoms with van der Waals surface area (Å²) >= 11 is 35.3. The van der Waals surface area contributed by atoms with Crippen LogP contribution in [0.5, 0.6) is 0 Å². The van der Waals surface area contributed by atoms with Gasteiger partial charge < -0.3 is 0 Å². The van der Waals surface area contributed by atoms with Gasteiger partial charge in [-0.15, -0.1) is 69.6 Å². The van der Waals surface area contributed by atoms with Gasteiger partial charge in [0.2, 0.25) is 0 Å². The molecule has 0 radical (unpaired) electrons. The fraction of sp³-hybridized carbons (Fsp3) is 1.00. The third kappa shape index (κ3) is 3.72. The van der Waals surface area contributed by atoms with Crippen LogP contribution in [0.2, 0.25) is 0 Å². The molecule has 0 aromatic rings. The molecule has 0 unspecified atom stereocenters. The Morgan fingerprint density at radius 1 is 0.364 bits per heavy atom. The monoisotopic (exact) mass is 428 g/mol. The van der Waals surface area contributed by atoms with Crippen LogP contribution in [0.1, 0.15) is 0 Å². The first-order valence-corrected chi connectivity index (χ1v) is 9.72. The van der Waals surface area contributed by atoms with Gasteiger partial charge in [-0.1, -0.05) is 0 Å². The standard InChI is InChI=1S/C6H6Cl6.C6H12N4/c7-1-2(8)4(10)6(12)5(11)3(1)9;1-7-2-9-4-8(1)5-10(3-7)6-9/h1-6H;1-6H2/t1-,2-,3-,4+,5+,6+;. The summed E-state index contributed by atoms with van der Waals surface area (Å²) in [5.74, 6) is 0. The van der Waals surface area contributed by atoms with Crippen molar-refractivity contribution in [2.75, 3.05) is 40.0 Å². The minimum atomic E-state index is -0.437. The third-order valence-electron chi connectivity index (χ3n) is 4.23. The number of halogens is 6. The zero-order valence-electron chi connectivity index (χ0n) is 11.8. The smallest absolute Gasteiger partial charge is 0.0693 e. The Hall–Kier alpha value is 1.58. The van der Waals surface area contributed by atoms with Crippen LogP contribution in [0.3, 0.4) is 0 Å². The highest BCUT2D eigenvalue weighted by atomic mass is 35.5. The first kappa shape index (κ1) is 18.4. The van der Waals surface area contributed by atoms with E-state index in [0.29, 0.717) is 0 Å². The molecule has 0 amide bonds. The molecular formula is C12H18Cl6N4. The van der Waals surface area contributed by atoms with Gasteiger partial charge in [-0.25, -0.2) is 0 Å². The second-order valence-corrected chi connectivity index (χ2v) is 9.22. The highest BCUT2D eigenvalue weighted by molar-refractivity contribution is 6.45. The van der Waals surface area contributed by atoms with Crippen molar-refractivity contribution in [3.63, 3.8) is 0 Å². The van der Waals surface area contributed by atoms with Crippen LogP contribution in [0.25, 0.3) is 0 Å². The number of alkyl halides is 6. The van der Waals surface area contributed by atoms with Crippen LogP contribution in [-0.2, 0) is 0 Å². The summed E-state index contributed by atoms with van der Waals surface area (Å²) in [7, 11) is 0. The number of hydrogen-bond acceptors (Lipinski definition) is 4. The molecular weight excluding hydrogens is 413 g/mol. The van der Waals surface area contributed by atoms with E-state index in [9.17, 15) is 0 Å². The maximum absolute atomic E-state index is 5.88. The van der Waals surface area contributed by atoms with E-state index >= 15 is 0 Å². The lowest BCUT2D eigenvalue weighted by Crippen LogP contribution is -2.71. The maximum atomic E-state index is 5.88. The molecule has 0 N–H and O–H groups in total. The molecule has 4 bridgehead atoms. The molecule has 5 aliphatic rings. The molecule has 5 fully saturated rings. The average Bonchev–Trinajstić information content (AvgIpc) is 2.48. The van der Waals surface area contributed by atoms with Crippen molar-refractivity contribution in [3.8, 4) is 0 Å². The molecule has 10 heteroatoms. The van der Waals surface area contributed by atoms with Crippen molar-refractivity contribution in [1.82, 2.24) is 19.6 Å². The Balaban J connectivity index is 0.000000132. The molecule has 128 valence electrons. The largest absolute Gasteiger partial charge is 0.264 e.